The molecule has 1 atom stereocenters. The number of rotatable bonds is 3. The number of anilines is 3. The summed E-state index contributed by atoms with van der Waals surface area (Å²) < 4.78 is 14.0. The van der Waals surface area contributed by atoms with Crippen LogP contribution in [0.25, 0.3) is 6.08 Å². The molecule has 4 nitrogen and oxygen atoms in total. The molecule has 2 aliphatic rings. The summed E-state index contributed by atoms with van der Waals surface area (Å²) in [6.07, 6.45) is 8.00. The van der Waals surface area contributed by atoms with Crippen LogP contribution < -0.4 is 10.2 Å². The largest absolute Gasteiger partial charge is 0.361 e. The van der Waals surface area contributed by atoms with Crippen molar-refractivity contribution >= 4 is 58.2 Å². The summed E-state index contributed by atoms with van der Waals surface area (Å²) in [6, 6.07) is 12.2. The molecule has 1 N–H and O–H groups in total. The molecule has 4 rings (SSSR count). The molecule has 1 aliphatic heterocycles. The first-order valence-electron chi connectivity index (χ1n) is 9.31. The van der Waals surface area contributed by atoms with E-state index in [2.05, 4.69) is 5.32 Å². The highest BCUT2D eigenvalue weighted by Gasteiger charge is 2.30. The van der Waals surface area contributed by atoms with Gasteiger partial charge in [0.15, 0.2) is 6.17 Å². The van der Waals surface area contributed by atoms with Crippen molar-refractivity contribution in [3.63, 3.8) is 0 Å². The lowest BCUT2D eigenvalue weighted by atomic mass is 9.99. The number of nitrogens with one attached hydrogen (secondary N) is 1. The molecule has 31 heavy (non-hydrogen) atoms. The summed E-state index contributed by atoms with van der Waals surface area (Å²) in [4.78, 5) is 26.4. The molecule has 1 heterocycles. The highest BCUT2D eigenvalue weighted by Crippen LogP contribution is 2.38. The molecule has 1 unspecified atom stereocenters. The topological polar surface area (TPSA) is 49.4 Å². The highest BCUT2D eigenvalue weighted by atomic mass is 35.5. The van der Waals surface area contributed by atoms with Crippen LogP contribution in [0.3, 0.4) is 0 Å². The fourth-order valence-electron chi connectivity index (χ4n) is 3.38. The minimum Gasteiger partial charge on any atom is -0.361 e. The molecule has 0 bridgehead atoms. The lowest BCUT2D eigenvalue weighted by Gasteiger charge is -2.27. The molecule has 0 fully saturated rings. The molecule has 0 radical (unpaired) electrons. The van der Waals surface area contributed by atoms with E-state index in [0.29, 0.717) is 16.4 Å². The van der Waals surface area contributed by atoms with Crippen molar-refractivity contribution in [1.29, 1.82) is 0 Å². The predicted octanol–water partition coefficient (Wildman–Crippen LogP) is 6.12. The number of alkyl halides is 1. The second kappa shape index (κ2) is 8.78. The number of halogens is 3. The minimum atomic E-state index is -1.72. The predicted molar refractivity (Wildman–Crippen MR) is 123 cm³/mol. The second-order valence-corrected chi connectivity index (χ2v) is 7.54. The Morgan fingerprint density at radius 3 is 2.68 bits per heavy atom. The lowest BCUT2D eigenvalue weighted by Crippen LogP contribution is -2.29. The maximum atomic E-state index is 14.0. The average Bonchev–Trinajstić information content (AvgIpc) is 3.00. The molecule has 0 saturated carbocycles. The molecule has 0 saturated heterocycles. The van der Waals surface area contributed by atoms with E-state index in [0.717, 1.165) is 17.3 Å². The Labute approximate surface area is 188 Å². The van der Waals surface area contributed by atoms with E-state index in [-0.39, 0.29) is 10.6 Å². The number of amides is 1. The zero-order chi connectivity index (χ0) is 22.0. The molecule has 1 aliphatic carbocycles. The zero-order valence-corrected chi connectivity index (χ0v) is 17.5. The minimum absolute atomic E-state index is 0.0184. The fraction of sp³-hybridized carbons (Fsp3) is 0.0417. The van der Waals surface area contributed by atoms with E-state index < -0.39 is 17.7 Å². The summed E-state index contributed by atoms with van der Waals surface area (Å²) in [5.74, 6) is 0.964. The molecule has 1 amide bonds. The highest BCUT2D eigenvalue weighted by molar-refractivity contribution is 6.37. The summed E-state index contributed by atoms with van der Waals surface area (Å²) >= 11 is 12.4. The van der Waals surface area contributed by atoms with Gasteiger partial charge < -0.3 is 5.32 Å². The molecular weight excluding hydrogens is 438 g/mol. The van der Waals surface area contributed by atoms with Crippen molar-refractivity contribution in [3.05, 3.63) is 99.7 Å². The molecule has 2 aromatic carbocycles. The van der Waals surface area contributed by atoms with Crippen molar-refractivity contribution < 1.29 is 14.0 Å². The first-order valence-corrected chi connectivity index (χ1v) is 10.1. The van der Waals surface area contributed by atoms with Crippen molar-refractivity contribution in [1.82, 2.24) is 0 Å². The Bertz CT molecular complexity index is 1240. The first kappa shape index (κ1) is 20.9. The fourth-order valence-corrected chi connectivity index (χ4v) is 3.85. The monoisotopic (exact) mass is 452 g/mol. The molecule has 0 spiro atoms. The van der Waals surface area contributed by atoms with Crippen molar-refractivity contribution in [3.8, 4) is 0 Å². The van der Waals surface area contributed by atoms with Gasteiger partial charge in [0, 0.05) is 22.5 Å². The van der Waals surface area contributed by atoms with Crippen molar-refractivity contribution in [2.24, 2.45) is 0 Å². The van der Waals surface area contributed by atoms with Crippen LogP contribution in [0.5, 0.6) is 0 Å². The second-order valence-electron chi connectivity index (χ2n) is 6.73. The van der Waals surface area contributed by atoms with E-state index >= 15 is 0 Å². The zero-order valence-electron chi connectivity index (χ0n) is 16.0. The van der Waals surface area contributed by atoms with Crippen LogP contribution >= 0.6 is 23.2 Å². The van der Waals surface area contributed by atoms with E-state index in [1.165, 1.54) is 16.9 Å². The Balaban J connectivity index is 1.93. The van der Waals surface area contributed by atoms with E-state index in [9.17, 15) is 14.0 Å². The lowest BCUT2D eigenvalue weighted by molar-refractivity contribution is -0.114. The average molecular weight is 453 g/mol. The number of hydrogen-bond donors (Lipinski definition) is 1. The van der Waals surface area contributed by atoms with Gasteiger partial charge in [-0.2, -0.15) is 0 Å². The van der Waals surface area contributed by atoms with Gasteiger partial charge in [-0.3, -0.25) is 9.69 Å². The number of carbonyl (C=O) groups excluding carboxylic acids is 2. The third-order valence-electron chi connectivity index (χ3n) is 4.82. The number of nitrogens with zero attached hydrogens (tertiary/aromatic N) is 1. The quantitative estimate of drug-likeness (QED) is 0.570. The van der Waals surface area contributed by atoms with Crippen LogP contribution in [0, 0.1) is 0 Å². The number of benzene rings is 2. The molecule has 154 valence electrons. The Morgan fingerprint density at radius 2 is 1.90 bits per heavy atom. The van der Waals surface area contributed by atoms with Gasteiger partial charge in [-0.1, -0.05) is 47.5 Å². The SMILES string of the molecule is O=C=C1C(Cl)=C(C(=O)N(c2cccc(Cl)c2)c2cccc3c2C=CC=CN3)C=CC1F. The van der Waals surface area contributed by atoms with Gasteiger partial charge in [-0.15, -0.1) is 0 Å². The van der Waals surface area contributed by atoms with E-state index in [1.54, 1.807) is 42.6 Å². The van der Waals surface area contributed by atoms with E-state index in [1.807, 2.05) is 24.3 Å². The number of hydrogen-bond acceptors (Lipinski definition) is 3. The Kier molecular flexibility index (Phi) is 5.92. The third-order valence-corrected chi connectivity index (χ3v) is 5.47. The molecular formula is C24H15Cl2FN2O2. The standard InChI is InChI=1S/C24H15Cl2FN2O2/c25-15-5-3-6-16(13-15)29(22-9-4-8-21-17(22)7-1-2-12-28-21)24(31)18-10-11-20(27)19(14-30)23(18)26/h1-13,20,28H. The van der Waals surface area contributed by atoms with Gasteiger partial charge in [-0.25, -0.2) is 9.18 Å². The smallest absolute Gasteiger partial charge is 0.264 e. The van der Waals surface area contributed by atoms with Crippen molar-refractivity contribution in [2.45, 2.75) is 6.17 Å². The first-order chi connectivity index (χ1) is 15.0. The van der Waals surface area contributed by atoms with Gasteiger partial charge >= 0.3 is 0 Å². The number of carbonyl (C=O) groups is 1. The maximum Gasteiger partial charge on any atom is 0.264 e. The Morgan fingerprint density at radius 1 is 1.10 bits per heavy atom. The maximum absolute atomic E-state index is 14.0. The summed E-state index contributed by atoms with van der Waals surface area (Å²) in [7, 11) is 0. The van der Waals surface area contributed by atoms with Crippen LogP contribution in [0.4, 0.5) is 21.5 Å². The number of fused-ring (bicyclic) bond motifs is 1. The third kappa shape index (κ3) is 3.99. The summed E-state index contributed by atoms with van der Waals surface area (Å²) in [5, 5.41) is 3.34. The van der Waals surface area contributed by atoms with Gasteiger partial charge in [0.25, 0.3) is 5.91 Å². The van der Waals surface area contributed by atoms with Gasteiger partial charge in [0.05, 0.1) is 27.6 Å². The van der Waals surface area contributed by atoms with Gasteiger partial charge in [-0.05, 0) is 48.6 Å². The molecule has 7 heteroatoms. The Hall–Kier alpha value is -3.37. The van der Waals surface area contributed by atoms with Gasteiger partial charge in [0.1, 0.15) is 5.94 Å². The van der Waals surface area contributed by atoms with E-state index in [4.69, 9.17) is 23.2 Å². The van der Waals surface area contributed by atoms with Crippen LogP contribution in [0.1, 0.15) is 5.56 Å². The normalized spacial score (nSPS) is 17.0. The summed E-state index contributed by atoms with van der Waals surface area (Å²) in [6.45, 7) is 0. The van der Waals surface area contributed by atoms with Gasteiger partial charge in [0.2, 0.25) is 0 Å². The molecule has 2 aromatic rings. The summed E-state index contributed by atoms with van der Waals surface area (Å²) in [5.41, 5.74) is 2.17. The van der Waals surface area contributed by atoms with Crippen molar-refractivity contribution in [2.75, 3.05) is 10.2 Å². The number of allylic oxidation sites excluding steroid dienone is 5. The molecule has 0 aromatic heterocycles. The van der Waals surface area contributed by atoms with Crippen LogP contribution in [0.2, 0.25) is 5.02 Å². The van der Waals surface area contributed by atoms with Crippen LogP contribution in [-0.2, 0) is 9.59 Å². The van der Waals surface area contributed by atoms with Crippen LogP contribution in [0.15, 0.2) is 89.1 Å². The van der Waals surface area contributed by atoms with Crippen LogP contribution in [-0.4, -0.2) is 18.0 Å².